The Morgan fingerprint density at radius 2 is 1.55 bits per heavy atom. The van der Waals surface area contributed by atoms with Crippen LogP contribution in [-0.2, 0) is 0 Å². The van der Waals surface area contributed by atoms with Crippen molar-refractivity contribution in [1.29, 1.82) is 0 Å². The van der Waals surface area contributed by atoms with Crippen LogP contribution in [0.4, 0.5) is 17.5 Å². The molecule has 6 nitrogen and oxygen atoms in total. The number of halogens is 2. The van der Waals surface area contributed by atoms with Gasteiger partial charge in [0.1, 0.15) is 5.82 Å². The van der Waals surface area contributed by atoms with Crippen LogP contribution in [0.1, 0.15) is 10.4 Å². The molecule has 0 fully saturated rings. The fraction of sp³-hybridized carbons (Fsp3) is 0.0870. The zero-order valence-corrected chi connectivity index (χ0v) is 18.4. The summed E-state index contributed by atoms with van der Waals surface area (Å²) in [5.41, 5.74) is 1.99. The van der Waals surface area contributed by atoms with E-state index in [0.29, 0.717) is 11.0 Å². The molecule has 0 aliphatic heterocycles. The van der Waals surface area contributed by atoms with Crippen molar-refractivity contribution in [2.45, 2.75) is 0 Å². The minimum atomic E-state index is -0.995. The molecule has 0 saturated heterocycles. The SMILES string of the molecule is CN(C)c1nc(Nc2ccc(Cl)cc2)c2ccccc2n1.O=C(O)c1ccccc1Cl. The second kappa shape index (κ2) is 10.1. The van der Waals surface area contributed by atoms with E-state index < -0.39 is 5.97 Å². The Bertz CT molecular complexity index is 1200. The third kappa shape index (κ3) is 5.84. The quantitative estimate of drug-likeness (QED) is 0.386. The molecule has 2 N–H and O–H groups in total. The van der Waals surface area contributed by atoms with E-state index in [4.69, 9.17) is 28.3 Å². The lowest BCUT2D eigenvalue weighted by Crippen LogP contribution is -2.13. The molecule has 4 rings (SSSR count). The number of benzene rings is 3. The van der Waals surface area contributed by atoms with Gasteiger partial charge in [-0.2, -0.15) is 4.98 Å². The predicted molar refractivity (Wildman–Crippen MR) is 127 cm³/mol. The number of fused-ring (bicyclic) bond motifs is 1. The monoisotopic (exact) mass is 454 g/mol. The average Bonchev–Trinajstić information content (AvgIpc) is 2.76. The first kappa shape index (κ1) is 22.3. The molecule has 4 aromatic rings. The van der Waals surface area contributed by atoms with Crippen molar-refractivity contribution in [2.75, 3.05) is 24.3 Å². The summed E-state index contributed by atoms with van der Waals surface area (Å²) in [5, 5.41) is 13.8. The Balaban J connectivity index is 0.000000229. The molecule has 0 aliphatic carbocycles. The number of carbonyl (C=O) groups is 1. The molecule has 0 amide bonds. The molecule has 1 aromatic heterocycles. The fourth-order valence-corrected chi connectivity index (χ4v) is 3.01. The predicted octanol–water partition coefficient (Wildman–Crippen LogP) is 6.13. The minimum Gasteiger partial charge on any atom is -0.478 e. The van der Waals surface area contributed by atoms with Gasteiger partial charge in [-0.15, -0.1) is 0 Å². The number of carboxylic acids is 1. The van der Waals surface area contributed by atoms with Crippen LogP contribution < -0.4 is 10.2 Å². The third-order valence-corrected chi connectivity index (χ3v) is 4.78. The van der Waals surface area contributed by atoms with Crippen molar-refractivity contribution in [3.63, 3.8) is 0 Å². The molecule has 0 atom stereocenters. The van der Waals surface area contributed by atoms with Crippen molar-refractivity contribution < 1.29 is 9.90 Å². The van der Waals surface area contributed by atoms with Crippen LogP contribution in [0.25, 0.3) is 10.9 Å². The summed E-state index contributed by atoms with van der Waals surface area (Å²) in [7, 11) is 3.85. The van der Waals surface area contributed by atoms with Gasteiger partial charge in [-0.3, -0.25) is 0 Å². The lowest BCUT2D eigenvalue weighted by atomic mass is 10.2. The first-order chi connectivity index (χ1) is 14.8. The molecule has 0 aliphatic rings. The number of anilines is 3. The van der Waals surface area contributed by atoms with E-state index in [-0.39, 0.29) is 10.6 Å². The number of para-hydroxylation sites is 1. The lowest BCUT2D eigenvalue weighted by molar-refractivity contribution is 0.0697. The molecular weight excluding hydrogens is 435 g/mol. The van der Waals surface area contributed by atoms with Crippen LogP contribution >= 0.6 is 23.2 Å². The van der Waals surface area contributed by atoms with E-state index in [0.717, 1.165) is 22.4 Å². The Hall–Kier alpha value is -3.35. The fourth-order valence-electron chi connectivity index (χ4n) is 2.66. The number of rotatable bonds is 4. The third-order valence-electron chi connectivity index (χ3n) is 4.20. The largest absolute Gasteiger partial charge is 0.478 e. The van der Waals surface area contributed by atoms with Crippen molar-refractivity contribution >= 4 is 57.5 Å². The highest BCUT2D eigenvalue weighted by atomic mass is 35.5. The Morgan fingerprint density at radius 1 is 0.903 bits per heavy atom. The van der Waals surface area contributed by atoms with Gasteiger partial charge in [-0.1, -0.05) is 47.5 Å². The zero-order valence-electron chi connectivity index (χ0n) is 16.9. The van der Waals surface area contributed by atoms with Crippen molar-refractivity contribution in [3.05, 3.63) is 88.4 Å². The molecule has 0 bridgehead atoms. The maximum absolute atomic E-state index is 10.3. The van der Waals surface area contributed by atoms with Crippen LogP contribution in [0.3, 0.4) is 0 Å². The topological polar surface area (TPSA) is 78.4 Å². The first-order valence-electron chi connectivity index (χ1n) is 9.29. The van der Waals surface area contributed by atoms with Crippen molar-refractivity contribution in [3.8, 4) is 0 Å². The Kier molecular flexibility index (Phi) is 7.28. The zero-order chi connectivity index (χ0) is 22.4. The second-order valence-corrected chi connectivity index (χ2v) is 7.54. The maximum Gasteiger partial charge on any atom is 0.337 e. The number of hydrogen-bond donors (Lipinski definition) is 2. The number of hydrogen-bond acceptors (Lipinski definition) is 5. The second-order valence-electron chi connectivity index (χ2n) is 6.70. The summed E-state index contributed by atoms with van der Waals surface area (Å²) < 4.78 is 0. The highest BCUT2D eigenvalue weighted by molar-refractivity contribution is 6.33. The summed E-state index contributed by atoms with van der Waals surface area (Å²) in [6, 6.07) is 21.8. The number of aromatic carboxylic acids is 1. The number of aromatic nitrogens is 2. The van der Waals surface area contributed by atoms with Gasteiger partial charge in [0, 0.05) is 30.2 Å². The first-order valence-corrected chi connectivity index (χ1v) is 10.1. The summed E-state index contributed by atoms with van der Waals surface area (Å²) in [6.07, 6.45) is 0. The molecule has 0 radical (unpaired) electrons. The van der Waals surface area contributed by atoms with Gasteiger partial charge in [0.25, 0.3) is 0 Å². The Morgan fingerprint density at radius 3 is 2.16 bits per heavy atom. The van der Waals surface area contributed by atoms with Crippen LogP contribution in [0.2, 0.25) is 10.0 Å². The molecule has 8 heteroatoms. The van der Waals surface area contributed by atoms with Gasteiger partial charge in [0.15, 0.2) is 0 Å². The van der Waals surface area contributed by atoms with Crippen LogP contribution in [0, 0.1) is 0 Å². The van der Waals surface area contributed by atoms with Crippen LogP contribution in [-0.4, -0.2) is 35.1 Å². The molecule has 0 unspecified atom stereocenters. The normalized spacial score (nSPS) is 10.2. The van der Waals surface area contributed by atoms with Crippen LogP contribution in [0.15, 0.2) is 72.8 Å². The summed E-state index contributed by atoms with van der Waals surface area (Å²) >= 11 is 11.5. The molecule has 0 saturated carbocycles. The van der Waals surface area contributed by atoms with Crippen molar-refractivity contribution in [2.24, 2.45) is 0 Å². The summed E-state index contributed by atoms with van der Waals surface area (Å²) in [5.74, 6) is 0.461. The minimum absolute atomic E-state index is 0.143. The molecule has 0 spiro atoms. The lowest BCUT2D eigenvalue weighted by Gasteiger charge is -2.14. The van der Waals surface area contributed by atoms with E-state index in [2.05, 4.69) is 15.3 Å². The van der Waals surface area contributed by atoms with E-state index >= 15 is 0 Å². The van der Waals surface area contributed by atoms with Gasteiger partial charge in [-0.05, 0) is 48.5 Å². The summed E-state index contributed by atoms with van der Waals surface area (Å²) in [6.45, 7) is 0. The molecule has 1 heterocycles. The van der Waals surface area contributed by atoms with Gasteiger partial charge >= 0.3 is 5.97 Å². The van der Waals surface area contributed by atoms with Crippen LogP contribution in [0.5, 0.6) is 0 Å². The van der Waals surface area contributed by atoms with Gasteiger partial charge in [0.2, 0.25) is 5.95 Å². The molecule has 31 heavy (non-hydrogen) atoms. The molecular formula is C23H20Cl2N4O2. The average molecular weight is 455 g/mol. The van der Waals surface area contributed by atoms with Crippen molar-refractivity contribution in [1.82, 2.24) is 9.97 Å². The van der Waals surface area contributed by atoms with E-state index in [9.17, 15) is 4.79 Å². The standard InChI is InChI=1S/C16H15ClN4.C7H5ClO2/c1-21(2)16-19-14-6-4-3-5-13(14)15(20-16)18-12-9-7-11(17)8-10-12;8-6-4-2-1-3-5(6)7(9)10/h3-10H,1-2H3,(H,18,19,20);1-4H,(H,9,10). The highest BCUT2D eigenvalue weighted by Crippen LogP contribution is 2.26. The number of nitrogens with one attached hydrogen (secondary N) is 1. The highest BCUT2D eigenvalue weighted by Gasteiger charge is 2.09. The molecule has 3 aromatic carbocycles. The Labute approximate surface area is 190 Å². The smallest absolute Gasteiger partial charge is 0.337 e. The van der Waals surface area contributed by atoms with E-state index in [1.54, 1.807) is 18.2 Å². The maximum atomic E-state index is 10.3. The van der Waals surface area contributed by atoms with Gasteiger partial charge < -0.3 is 15.3 Å². The summed E-state index contributed by atoms with van der Waals surface area (Å²) in [4.78, 5) is 21.4. The number of carboxylic acid groups (broad SMARTS) is 1. The molecule has 158 valence electrons. The van der Waals surface area contributed by atoms with Gasteiger partial charge in [0.05, 0.1) is 16.1 Å². The number of nitrogens with zero attached hydrogens (tertiary/aromatic N) is 3. The van der Waals surface area contributed by atoms with E-state index in [1.165, 1.54) is 6.07 Å². The van der Waals surface area contributed by atoms with Gasteiger partial charge in [-0.25, -0.2) is 9.78 Å². The van der Waals surface area contributed by atoms with E-state index in [1.807, 2.05) is 67.5 Å².